The predicted molar refractivity (Wildman–Crippen MR) is 96.9 cm³/mol. The first-order valence-electron chi connectivity index (χ1n) is 8.48. The number of hydrogen-bond acceptors (Lipinski definition) is 4. The Balaban J connectivity index is 2.26. The van der Waals surface area contributed by atoms with Crippen LogP contribution in [0.4, 0.5) is 0 Å². The number of phenolic OH excluding ortho intramolecular Hbond substituents is 1. The summed E-state index contributed by atoms with van der Waals surface area (Å²) in [4.78, 5) is -0.605. The molecule has 25 heavy (non-hydrogen) atoms. The molecule has 0 atom stereocenters. The van der Waals surface area contributed by atoms with Gasteiger partial charge in [0.1, 0.15) is 11.5 Å². The third kappa shape index (κ3) is 5.76. The van der Waals surface area contributed by atoms with E-state index in [4.69, 9.17) is 4.74 Å². The Morgan fingerprint density at radius 2 is 1.68 bits per heavy atom. The molecule has 0 unspecified atom stereocenters. The van der Waals surface area contributed by atoms with Crippen molar-refractivity contribution >= 4 is 10.1 Å². The quantitative estimate of drug-likeness (QED) is 0.486. The lowest BCUT2D eigenvalue weighted by atomic mass is 10.0. The van der Waals surface area contributed by atoms with Crippen LogP contribution in [0.5, 0.6) is 17.2 Å². The van der Waals surface area contributed by atoms with Crippen LogP contribution in [0, 0.1) is 0 Å². The van der Waals surface area contributed by atoms with Crippen LogP contribution in [0.1, 0.15) is 44.6 Å². The fourth-order valence-electron chi connectivity index (χ4n) is 2.67. The first kappa shape index (κ1) is 19.3. The van der Waals surface area contributed by atoms with Crippen LogP contribution in [-0.2, 0) is 16.5 Å². The van der Waals surface area contributed by atoms with E-state index in [1.807, 2.05) is 0 Å². The highest BCUT2D eigenvalue weighted by atomic mass is 32.2. The van der Waals surface area contributed by atoms with Gasteiger partial charge in [0, 0.05) is 0 Å². The number of ether oxygens (including phenoxy) is 1. The Bertz CT molecular complexity index is 785. The monoisotopic (exact) mass is 364 g/mol. The standard InChI is InChI=1S/C19H24O5S/c1-2-3-4-5-7-10-15-13-17(20)19(25(21,22)23)18(14-15)24-16-11-8-6-9-12-16/h6,8-9,11-14,20H,2-5,7,10H2,1H3,(H,21,22,23). The SMILES string of the molecule is CCCCCCCc1cc(O)c(S(=O)(=O)O)c(Oc2ccccc2)c1. The maximum Gasteiger partial charge on any atom is 0.301 e. The van der Waals surface area contributed by atoms with Crippen molar-refractivity contribution < 1.29 is 22.8 Å². The highest BCUT2D eigenvalue weighted by Gasteiger charge is 2.23. The van der Waals surface area contributed by atoms with Gasteiger partial charge in [0.2, 0.25) is 0 Å². The minimum atomic E-state index is -4.61. The van der Waals surface area contributed by atoms with Crippen LogP contribution in [-0.4, -0.2) is 18.1 Å². The number of aryl methyl sites for hydroxylation is 1. The molecule has 0 fully saturated rings. The fourth-order valence-corrected chi connectivity index (χ4v) is 3.35. The molecule has 0 bridgehead atoms. The zero-order chi connectivity index (χ0) is 18.3. The highest BCUT2D eigenvalue weighted by Crippen LogP contribution is 2.37. The average molecular weight is 364 g/mol. The molecule has 0 amide bonds. The number of para-hydroxylation sites is 1. The van der Waals surface area contributed by atoms with Crippen molar-refractivity contribution in [2.45, 2.75) is 50.3 Å². The van der Waals surface area contributed by atoms with E-state index in [1.54, 1.807) is 36.4 Å². The van der Waals surface area contributed by atoms with E-state index in [9.17, 15) is 18.1 Å². The number of rotatable bonds is 9. The molecule has 0 radical (unpaired) electrons. The van der Waals surface area contributed by atoms with Gasteiger partial charge in [-0.05, 0) is 42.7 Å². The van der Waals surface area contributed by atoms with Crippen LogP contribution in [0.25, 0.3) is 0 Å². The van der Waals surface area contributed by atoms with Gasteiger partial charge in [-0.3, -0.25) is 4.55 Å². The molecule has 6 heteroatoms. The second-order valence-corrected chi connectivity index (χ2v) is 7.35. The zero-order valence-corrected chi connectivity index (χ0v) is 15.1. The summed E-state index contributed by atoms with van der Waals surface area (Å²) in [6.45, 7) is 2.15. The second-order valence-electron chi connectivity index (χ2n) is 6.00. The average Bonchev–Trinajstić information content (AvgIpc) is 2.54. The molecule has 0 saturated heterocycles. The molecule has 2 N–H and O–H groups in total. The Hall–Kier alpha value is -2.05. The maximum absolute atomic E-state index is 11.6. The van der Waals surface area contributed by atoms with Gasteiger partial charge in [-0.15, -0.1) is 0 Å². The van der Waals surface area contributed by atoms with E-state index >= 15 is 0 Å². The lowest BCUT2D eigenvalue weighted by Gasteiger charge is -2.13. The molecule has 2 aromatic rings. The number of phenols is 1. The van der Waals surface area contributed by atoms with Gasteiger partial charge in [0.05, 0.1) is 0 Å². The van der Waals surface area contributed by atoms with Crippen LogP contribution >= 0.6 is 0 Å². The summed E-state index contributed by atoms with van der Waals surface area (Å²) < 4.78 is 38.3. The first-order valence-corrected chi connectivity index (χ1v) is 9.92. The van der Waals surface area contributed by atoms with E-state index in [0.29, 0.717) is 12.2 Å². The molecule has 0 aromatic heterocycles. The molecular weight excluding hydrogens is 340 g/mol. The summed E-state index contributed by atoms with van der Waals surface area (Å²) in [5.74, 6) is -0.149. The van der Waals surface area contributed by atoms with E-state index in [1.165, 1.54) is 18.9 Å². The van der Waals surface area contributed by atoms with Crippen molar-refractivity contribution in [3.8, 4) is 17.2 Å². The van der Waals surface area contributed by atoms with Crippen molar-refractivity contribution in [3.05, 3.63) is 48.0 Å². The van der Waals surface area contributed by atoms with Gasteiger partial charge in [0.15, 0.2) is 10.6 Å². The van der Waals surface area contributed by atoms with Crippen LogP contribution in [0.15, 0.2) is 47.4 Å². The minimum absolute atomic E-state index is 0.0720. The largest absolute Gasteiger partial charge is 0.506 e. The minimum Gasteiger partial charge on any atom is -0.506 e. The van der Waals surface area contributed by atoms with Crippen molar-refractivity contribution in [2.75, 3.05) is 0 Å². The Labute approximate surface area is 149 Å². The third-order valence-corrected chi connectivity index (χ3v) is 4.82. The van der Waals surface area contributed by atoms with Crippen molar-refractivity contribution in [1.29, 1.82) is 0 Å². The lowest BCUT2D eigenvalue weighted by Crippen LogP contribution is -2.03. The molecule has 2 aromatic carbocycles. The van der Waals surface area contributed by atoms with Gasteiger partial charge in [0.25, 0.3) is 0 Å². The third-order valence-electron chi connectivity index (χ3n) is 3.89. The number of hydrogen-bond donors (Lipinski definition) is 2. The highest BCUT2D eigenvalue weighted by molar-refractivity contribution is 7.86. The van der Waals surface area contributed by atoms with Crippen molar-refractivity contribution in [2.24, 2.45) is 0 Å². The summed E-state index contributed by atoms with van der Waals surface area (Å²) >= 11 is 0. The van der Waals surface area contributed by atoms with Gasteiger partial charge >= 0.3 is 10.1 Å². The Morgan fingerprint density at radius 3 is 2.32 bits per heavy atom. The van der Waals surface area contributed by atoms with Gasteiger partial charge in [-0.1, -0.05) is 50.8 Å². The normalized spacial score (nSPS) is 11.4. The molecule has 0 heterocycles. The van der Waals surface area contributed by atoms with Gasteiger partial charge in [-0.25, -0.2) is 0 Å². The Morgan fingerprint density at radius 1 is 1.00 bits per heavy atom. The van der Waals surface area contributed by atoms with Crippen LogP contribution < -0.4 is 4.74 Å². The summed E-state index contributed by atoms with van der Waals surface area (Å²) in [5, 5.41) is 10.1. The zero-order valence-electron chi connectivity index (χ0n) is 14.3. The predicted octanol–water partition coefficient (Wildman–Crippen LogP) is 4.94. The Kier molecular flexibility index (Phi) is 6.84. The molecule has 2 rings (SSSR count). The summed E-state index contributed by atoms with van der Waals surface area (Å²) in [5.41, 5.74) is 0.771. The van der Waals surface area contributed by atoms with Gasteiger partial charge < -0.3 is 9.84 Å². The number of unbranched alkanes of at least 4 members (excludes halogenated alkanes) is 4. The summed E-state index contributed by atoms with van der Waals surface area (Å²) in [6, 6.07) is 11.6. The molecule has 0 aliphatic heterocycles. The van der Waals surface area contributed by atoms with Crippen molar-refractivity contribution in [3.63, 3.8) is 0 Å². The second kappa shape index (κ2) is 8.87. The first-order chi connectivity index (χ1) is 11.9. The molecule has 0 aliphatic carbocycles. The fraction of sp³-hybridized carbons (Fsp3) is 0.368. The van der Waals surface area contributed by atoms with E-state index in [0.717, 1.165) is 24.8 Å². The molecule has 0 aliphatic rings. The summed E-state index contributed by atoms with van der Waals surface area (Å²) in [6.07, 6.45) is 6.22. The number of aromatic hydroxyl groups is 1. The van der Waals surface area contributed by atoms with E-state index in [-0.39, 0.29) is 5.75 Å². The van der Waals surface area contributed by atoms with Crippen LogP contribution in [0.3, 0.4) is 0 Å². The molecule has 0 saturated carbocycles. The smallest absolute Gasteiger partial charge is 0.301 e. The molecule has 5 nitrogen and oxygen atoms in total. The maximum atomic E-state index is 11.6. The summed E-state index contributed by atoms with van der Waals surface area (Å²) in [7, 11) is -4.61. The number of benzene rings is 2. The molecule has 136 valence electrons. The van der Waals surface area contributed by atoms with Crippen LogP contribution in [0.2, 0.25) is 0 Å². The van der Waals surface area contributed by atoms with Gasteiger partial charge in [-0.2, -0.15) is 8.42 Å². The van der Waals surface area contributed by atoms with E-state index in [2.05, 4.69) is 6.92 Å². The topological polar surface area (TPSA) is 83.8 Å². The van der Waals surface area contributed by atoms with E-state index < -0.39 is 20.8 Å². The lowest BCUT2D eigenvalue weighted by molar-refractivity contribution is 0.414. The van der Waals surface area contributed by atoms with Crippen molar-refractivity contribution in [1.82, 2.24) is 0 Å². The molecular formula is C19H24O5S. The molecule has 0 spiro atoms.